The molecule has 4 heterocycles. The van der Waals surface area contributed by atoms with Crippen molar-refractivity contribution in [2.75, 3.05) is 44.2 Å². The van der Waals surface area contributed by atoms with Crippen LogP contribution in [0.4, 0.5) is 5.69 Å². The van der Waals surface area contributed by atoms with E-state index in [0.717, 1.165) is 53.6 Å². The Labute approximate surface area is 303 Å². The number of aryl methyl sites for hydroxylation is 1. The van der Waals surface area contributed by atoms with Gasteiger partial charge >= 0.3 is 0 Å². The van der Waals surface area contributed by atoms with E-state index in [1.54, 1.807) is 23.6 Å². The molecule has 5 rings (SSSR count). The lowest BCUT2D eigenvalue weighted by Crippen LogP contribution is -2.57. The van der Waals surface area contributed by atoms with E-state index in [9.17, 15) is 24.3 Å². The number of nitrogens with one attached hydrogen (secondary N) is 4. The summed E-state index contributed by atoms with van der Waals surface area (Å²) < 4.78 is 0. The summed E-state index contributed by atoms with van der Waals surface area (Å²) >= 11 is 1.58. The van der Waals surface area contributed by atoms with E-state index in [1.807, 2.05) is 70.5 Å². The van der Waals surface area contributed by atoms with Gasteiger partial charge in [0, 0.05) is 52.1 Å². The van der Waals surface area contributed by atoms with Gasteiger partial charge in [-0.05, 0) is 48.9 Å². The maximum absolute atomic E-state index is 14.0. The van der Waals surface area contributed by atoms with E-state index in [4.69, 9.17) is 0 Å². The standard InChI is InChI=1S/C37H50N8O5S/c1-23(25-8-10-26(11-9-25)32-24(2)41-22-51-32)42-35(49)30-19-28(46)21-45(30)36(50)33(37(3,4)5)43-31(47)7-6-14-39-34(48)29-13-12-27(20-40-29)44-17-15-38-16-18-44/h8-13,20,22-23,28,30,33,38,46H,6-7,14-19,21H2,1-5H3,(H,39,48)(H,42,49)(H,43,47)/t23-,28+,30?,33+/m0/s1. The van der Waals surface area contributed by atoms with E-state index in [2.05, 4.69) is 36.1 Å². The number of carbonyl (C=O) groups is 4. The minimum Gasteiger partial charge on any atom is -0.391 e. The minimum absolute atomic E-state index is 0.00701. The number of likely N-dealkylation sites (tertiary alicyclic amines) is 1. The monoisotopic (exact) mass is 718 g/mol. The number of benzene rings is 1. The number of pyridine rings is 1. The normalized spacial score (nSPS) is 18.9. The maximum atomic E-state index is 14.0. The van der Waals surface area contributed by atoms with E-state index in [1.165, 1.54) is 4.90 Å². The number of thiazole rings is 1. The van der Waals surface area contributed by atoms with Crippen LogP contribution < -0.4 is 26.2 Å². The Hall–Kier alpha value is -4.40. The third-order valence-corrected chi connectivity index (χ3v) is 10.4. The molecule has 2 fully saturated rings. The molecule has 2 aromatic heterocycles. The van der Waals surface area contributed by atoms with Crippen LogP contribution in [0.2, 0.25) is 0 Å². The predicted octanol–water partition coefficient (Wildman–Crippen LogP) is 2.80. The molecule has 2 aliphatic rings. The molecule has 0 aliphatic carbocycles. The average molecular weight is 719 g/mol. The third kappa shape index (κ3) is 9.69. The quantitative estimate of drug-likeness (QED) is 0.177. The molecule has 2 aliphatic heterocycles. The lowest BCUT2D eigenvalue weighted by Gasteiger charge is -2.35. The molecule has 13 nitrogen and oxygen atoms in total. The fourth-order valence-electron chi connectivity index (χ4n) is 6.42. The predicted molar refractivity (Wildman–Crippen MR) is 197 cm³/mol. The van der Waals surface area contributed by atoms with Crippen molar-refractivity contribution in [3.63, 3.8) is 0 Å². The van der Waals surface area contributed by atoms with Gasteiger partial charge in [-0.1, -0.05) is 45.0 Å². The number of hydrogen-bond acceptors (Lipinski definition) is 10. The largest absolute Gasteiger partial charge is 0.391 e. The van der Waals surface area contributed by atoms with Crippen LogP contribution in [0.25, 0.3) is 10.4 Å². The van der Waals surface area contributed by atoms with Crippen LogP contribution in [0.3, 0.4) is 0 Å². The Morgan fingerprint density at radius 2 is 1.76 bits per heavy atom. The summed E-state index contributed by atoms with van der Waals surface area (Å²) in [5, 5.41) is 22.6. The van der Waals surface area contributed by atoms with Gasteiger partial charge in [-0.15, -0.1) is 11.3 Å². The van der Waals surface area contributed by atoms with E-state index in [0.29, 0.717) is 12.1 Å². The molecule has 0 saturated carbocycles. The van der Waals surface area contributed by atoms with Crippen molar-refractivity contribution < 1.29 is 24.3 Å². The summed E-state index contributed by atoms with van der Waals surface area (Å²) in [4.78, 5) is 66.6. The highest BCUT2D eigenvalue weighted by Gasteiger charge is 2.44. The van der Waals surface area contributed by atoms with Gasteiger partial charge in [0.2, 0.25) is 17.7 Å². The molecule has 274 valence electrons. The van der Waals surface area contributed by atoms with E-state index >= 15 is 0 Å². The Morgan fingerprint density at radius 3 is 2.39 bits per heavy atom. The smallest absolute Gasteiger partial charge is 0.269 e. The Morgan fingerprint density at radius 1 is 1.04 bits per heavy atom. The first-order valence-electron chi connectivity index (χ1n) is 17.6. The first-order valence-corrected chi connectivity index (χ1v) is 18.5. The number of hydrogen-bond donors (Lipinski definition) is 5. The number of rotatable bonds is 12. The zero-order chi connectivity index (χ0) is 36.7. The van der Waals surface area contributed by atoms with Crippen molar-refractivity contribution >= 4 is 40.7 Å². The molecule has 3 aromatic rings. The first kappa shape index (κ1) is 37.8. The van der Waals surface area contributed by atoms with E-state index < -0.39 is 29.5 Å². The lowest BCUT2D eigenvalue weighted by atomic mass is 9.85. The molecular weight excluding hydrogens is 669 g/mol. The third-order valence-electron chi connectivity index (χ3n) is 9.39. The Balaban J connectivity index is 1.12. The van der Waals surface area contributed by atoms with Crippen LogP contribution in [0.1, 0.15) is 74.7 Å². The highest BCUT2D eigenvalue weighted by atomic mass is 32.1. The number of carbonyl (C=O) groups excluding carboxylic acids is 4. The molecule has 0 spiro atoms. The number of nitrogens with zero attached hydrogens (tertiary/aromatic N) is 4. The van der Waals surface area contributed by atoms with Gasteiger partial charge in [0.25, 0.3) is 5.91 Å². The van der Waals surface area contributed by atoms with Gasteiger partial charge < -0.3 is 36.2 Å². The summed E-state index contributed by atoms with van der Waals surface area (Å²) in [6.07, 6.45) is 1.38. The van der Waals surface area contributed by atoms with Crippen LogP contribution in [0.5, 0.6) is 0 Å². The molecule has 4 amide bonds. The second-order valence-electron chi connectivity index (χ2n) is 14.4. The van der Waals surface area contributed by atoms with Gasteiger partial charge in [-0.2, -0.15) is 0 Å². The number of anilines is 1. The van der Waals surface area contributed by atoms with Crippen LogP contribution in [-0.4, -0.2) is 101 Å². The number of piperazine rings is 1. The van der Waals surface area contributed by atoms with Crippen molar-refractivity contribution in [2.45, 2.75) is 78.1 Å². The Kier molecular flexibility index (Phi) is 12.4. The lowest BCUT2D eigenvalue weighted by molar-refractivity contribution is -0.144. The van der Waals surface area contributed by atoms with Crippen molar-refractivity contribution in [1.29, 1.82) is 0 Å². The molecule has 2 saturated heterocycles. The number of aliphatic hydroxyl groups excluding tert-OH is 1. The molecule has 1 aromatic carbocycles. The first-order chi connectivity index (χ1) is 24.3. The summed E-state index contributed by atoms with van der Waals surface area (Å²) in [7, 11) is 0. The van der Waals surface area contributed by atoms with Gasteiger partial charge in [0.05, 0.1) is 40.1 Å². The molecular formula is C37H50N8O5S. The van der Waals surface area contributed by atoms with Crippen molar-refractivity contribution in [1.82, 2.24) is 36.1 Å². The van der Waals surface area contributed by atoms with Gasteiger partial charge in [-0.3, -0.25) is 19.2 Å². The fourth-order valence-corrected chi connectivity index (χ4v) is 7.23. The second-order valence-corrected chi connectivity index (χ2v) is 15.2. The molecule has 0 bridgehead atoms. The number of amides is 4. The second kappa shape index (κ2) is 16.7. The summed E-state index contributed by atoms with van der Waals surface area (Å²) in [5.74, 6) is -1.45. The summed E-state index contributed by atoms with van der Waals surface area (Å²) in [5.41, 5.74) is 5.34. The van der Waals surface area contributed by atoms with Crippen molar-refractivity contribution in [3.05, 3.63) is 65.1 Å². The van der Waals surface area contributed by atoms with Gasteiger partial charge in [0.1, 0.15) is 17.8 Å². The Bertz CT molecular complexity index is 1670. The zero-order valence-corrected chi connectivity index (χ0v) is 30.9. The SMILES string of the molecule is Cc1ncsc1-c1ccc([C@H](C)NC(=O)C2C[C@@H](O)CN2C(=O)[C@@H](NC(=O)CCCNC(=O)c2ccc(N3CCNCC3)cn2)C(C)(C)C)cc1. The average Bonchev–Trinajstić information content (AvgIpc) is 3.73. The molecule has 0 radical (unpaired) electrons. The number of β-amino-alcohol motifs (C(OH)–C–C–N with tert-alkyl or cyclic N) is 1. The molecule has 4 atom stereocenters. The number of aliphatic hydroxyl groups is 1. The highest BCUT2D eigenvalue weighted by molar-refractivity contribution is 7.13. The molecule has 5 N–H and O–H groups in total. The topological polar surface area (TPSA) is 169 Å². The van der Waals surface area contributed by atoms with Crippen LogP contribution >= 0.6 is 11.3 Å². The molecule has 1 unspecified atom stereocenters. The minimum atomic E-state index is -0.932. The summed E-state index contributed by atoms with van der Waals surface area (Å²) in [6, 6.07) is 9.37. The number of aromatic nitrogens is 2. The van der Waals surface area contributed by atoms with Gasteiger partial charge in [0.15, 0.2) is 0 Å². The van der Waals surface area contributed by atoms with Gasteiger partial charge in [-0.25, -0.2) is 9.97 Å². The van der Waals surface area contributed by atoms with Crippen molar-refractivity contribution in [2.24, 2.45) is 5.41 Å². The van der Waals surface area contributed by atoms with Crippen LogP contribution in [0, 0.1) is 12.3 Å². The fraction of sp³-hybridized carbons (Fsp3) is 0.514. The zero-order valence-electron chi connectivity index (χ0n) is 30.1. The molecule has 51 heavy (non-hydrogen) atoms. The van der Waals surface area contributed by atoms with Crippen molar-refractivity contribution in [3.8, 4) is 10.4 Å². The highest BCUT2D eigenvalue weighted by Crippen LogP contribution is 2.29. The van der Waals surface area contributed by atoms with Crippen LogP contribution in [-0.2, 0) is 14.4 Å². The molecule has 14 heteroatoms. The maximum Gasteiger partial charge on any atom is 0.269 e. The summed E-state index contributed by atoms with van der Waals surface area (Å²) in [6.45, 7) is 13.2. The van der Waals surface area contributed by atoms with E-state index in [-0.39, 0.29) is 49.7 Å². The van der Waals surface area contributed by atoms with Crippen LogP contribution in [0.15, 0.2) is 48.1 Å².